The van der Waals surface area contributed by atoms with Gasteiger partial charge in [-0.1, -0.05) is 12.7 Å². The summed E-state index contributed by atoms with van der Waals surface area (Å²) in [6.07, 6.45) is 1.72. The monoisotopic (exact) mass is 182 g/mol. The van der Waals surface area contributed by atoms with Gasteiger partial charge in [0.25, 0.3) is 0 Å². The quantitative estimate of drug-likeness (QED) is 0.671. The smallest absolute Gasteiger partial charge is 0.348 e. The highest BCUT2D eigenvalue weighted by Gasteiger charge is 2.07. The van der Waals surface area contributed by atoms with E-state index in [4.69, 9.17) is 4.74 Å². The van der Waals surface area contributed by atoms with E-state index in [9.17, 15) is 4.79 Å². The molecule has 0 spiro atoms. The van der Waals surface area contributed by atoms with Gasteiger partial charge >= 0.3 is 5.97 Å². The van der Waals surface area contributed by atoms with Gasteiger partial charge in [-0.2, -0.15) is 0 Å². The van der Waals surface area contributed by atoms with Crippen molar-refractivity contribution >= 4 is 23.4 Å². The summed E-state index contributed by atoms with van der Waals surface area (Å²) in [4.78, 5) is 12.7. The normalized spacial score (nSPS) is 9.42. The van der Waals surface area contributed by atoms with Crippen LogP contribution in [0.15, 0.2) is 18.7 Å². The molecule has 1 heterocycles. The second kappa shape index (κ2) is 4.07. The van der Waals surface area contributed by atoms with Crippen LogP contribution in [0.2, 0.25) is 0 Å². The zero-order chi connectivity index (χ0) is 8.97. The summed E-state index contributed by atoms with van der Waals surface area (Å²) in [5.41, 5.74) is 0. The minimum Gasteiger partial charge on any atom is -0.462 e. The summed E-state index contributed by atoms with van der Waals surface area (Å²) >= 11 is 1.39. The molecule has 0 aliphatic rings. The van der Waals surface area contributed by atoms with Gasteiger partial charge in [-0.05, 0) is 19.1 Å². The summed E-state index contributed by atoms with van der Waals surface area (Å²) < 4.78 is 4.82. The first kappa shape index (κ1) is 9.00. The van der Waals surface area contributed by atoms with Crippen LogP contribution >= 0.6 is 11.3 Å². The van der Waals surface area contributed by atoms with Gasteiger partial charge in [0.05, 0.1) is 6.61 Å². The number of hydrogen-bond donors (Lipinski definition) is 0. The van der Waals surface area contributed by atoms with Gasteiger partial charge in [0.2, 0.25) is 0 Å². The summed E-state index contributed by atoms with van der Waals surface area (Å²) in [6.45, 7) is 5.82. The largest absolute Gasteiger partial charge is 0.462 e. The molecule has 0 N–H and O–H groups in total. The zero-order valence-electron chi connectivity index (χ0n) is 6.87. The number of carbonyl (C=O) groups excluding carboxylic acids is 1. The Kier molecular flexibility index (Phi) is 3.05. The van der Waals surface area contributed by atoms with Crippen molar-refractivity contribution in [2.75, 3.05) is 6.61 Å². The number of hydrogen-bond acceptors (Lipinski definition) is 3. The molecule has 0 bridgehead atoms. The van der Waals surface area contributed by atoms with E-state index >= 15 is 0 Å². The van der Waals surface area contributed by atoms with Crippen LogP contribution in [-0.4, -0.2) is 12.6 Å². The molecule has 1 aromatic heterocycles. The lowest BCUT2D eigenvalue weighted by molar-refractivity contribution is 0.0532. The van der Waals surface area contributed by atoms with Gasteiger partial charge < -0.3 is 4.74 Å². The van der Waals surface area contributed by atoms with Crippen LogP contribution in [0.25, 0.3) is 6.08 Å². The molecular weight excluding hydrogens is 172 g/mol. The molecular formula is C9H10O2S. The fourth-order valence-corrected chi connectivity index (χ4v) is 1.53. The molecule has 0 amide bonds. The molecule has 0 aromatic carbocycles. The van der Waals surface area contributed by atoms with Crippen molar-refractivity contribution < 1.29 is 9.53 Å². The molecule has 0 aliphatic heterocycles. The maximum atomic E-state index is 11.1. The van der Waals surface area contributed by atoms with E-state index in [0.717, 1.165) is 4.88 Å². The van der Waals surface area contributed by atoms with Crippen LogP contribution in [0.1, 0.15) is 21.5 Å². The van der Waals surface area contributed by atoms with Gasteiger partial charge in [-0.25, -0.2) is 4.79 Å². The predicted octanol–water partition coefficient (Wildman–Crippen LogP) is 2.57. The van der Waals surface area contributed by atoms with Crippen molar-refractivity contribution in [3.8, 4) is 0 Å². The lowest BCUT2D eigenvalue weighted by atomic mass is 10.4. The number of ether oxygens (including phenoxy) is 1. The molecule has 0 fully saturated rings. The number of thiophene rings is 1. The van der Waals surface area contributed by atoms with Gasteiger partial charge in [-0.3, -0.25) is 0 Å². The lowest BCUT2D eigenvalue weighted by Crippen LogP contribution is -2.01. The van der Waals surface area contributed by atoms with Crippen LogP contribution in [0.5, 0.6) is 0 Å². The average Bonchev–Trinajstić information content (AvgIpc) is 2.52. The van der Waals surface area contributed by atoms with Gasteiger partial charge in [0.15, 0.2) is 0 Å². The third-order valence-corrected chi connectivity index (χ3v) is 2.37. The second-order valence-electron chi connectivity index (χ2n) is 2.13. The fraction of sp³-hybridized carbons (Fsp3) is 0.222. The second-order valence-corrected chi connectivity index (χ2v) is 3.24. The Labute approximate surface area is 75.5 Å². The molecule has 0 saturated carbocycles. The Balaban J connectivity index is 2.74. The van der Waals surface area contributed by atoms with E-state index in [1.165, 1.54) is 11.3 Å². The van der Waals surface area contributed by atoms with Gasteiger partial charge in [0.1, 0.15) is 4.88 Å². The van der Waals surface area contributed by atoms with Crippen LogP contribution in [0.3, 0.4) is 0 Å². The van der Waals surface area contributed by atoms with Crippen molar-refractivity contribution in [1.82, 2.24) is 0 Å². The average molecular weight is 182 g/mol. The SMILES string of the molecule is C=Cc1ccc(C(=O)OCC)s1. The summed E-state index contributed by atoms with van der Waals surface area (Å²) in [5, 5.41) is 0. The lowest BCUT2D eigenvalue weighted by Gasteiger charge is -1.95. The van der Waals surface area contributed by atoms with Crippen molar-refractivity contribution in [2.24, 2.45) is 0 Å². The molecule has 0 aliphatic carbocycles. The van der Waals surface area contributed by atoms with Crippen LogP contribution in [0, 0.1) is 0 Å². The van der Waals surface area contributed by atoms with E-state index in [0.29, 0.717) is 11.5 Å². The highest BCUT2D eigenvalue weighted by molar-refractivity contribution is 7.14. The number of carbonyl (C=O) groups is 1. The Morgan fingerprint density at radius 1 is 1.75 bits per heavy atom. The molecule has 0 unspecified atom stereocenters. The Hall–Kier alpha value is -1.09. The number of esters is 1. The molecule has 3 heteroatoms. The van der Waals surface area contributed by atoms with Crippen molar-refractivity contribution in [3.63, 3.8) is 0 Å². The zero-order valence-corrected chi connectivity index (χ0v) is 7.69. The topological polar surface area (TPSA) is 26.3 Å². The highest BCUT2D eigenvalue weighted by Crippen LogP contribution is 2.17. The van der Waals surface area contributed by atoms with E-state index in [-0.39, 0.29) is 5.97 Å². The van der Waals surface area contributed by atoms with Gasteiger partial charge in [0, 0.05) is 4.88 Å². The maximum absolute atomic E-state index is 11.1. The minimum atomic E-state index is -0.254. The van der Waals surface area contributed by atoms with E-state index in [2.05, 4.69) is 6.58 Å². The minimum absolute atomic E-state index is 0.254. The molecule has 12 heavy (non-hydrogen) atoms. The van der Waals surface area contributed by atoms with E-state index in [1.807, 2.05) is 6.07 Å². The van der Waals surface area contributed by atoms with Gasteiger partial charge in [-0.15, -0.1) is 11.3 Å². The maximum Gasteiger partial charge on any atom is 0.348 e. The van der Waals surface area contributed by atoms with E-state index in [1.54, 1.807) is 19.1 Å². The van der Waals surface area contributed by atoms with Crippen LogP contribution in [0.4, 0.5) is 0 Å². The number of rotatable bonds is 3. The Morgan fingerprint density at radius 2 is 2.50 bits per heavy atom. The molecule has 1 rings (SSSR count). The first-order valence-corrected chi connectivity index (χ1v) is 4.49. The third-order valence-electron chi connectivity index (χ3n) is 1.30. The van der Waals surface area contributed by atoms with E-state index < -0.39 is 0 Å². The highest BCUT2D eigenvalue weighted by atomic mass is 32.1. The van der Waals surface area contributed by atoms with Crippen molar-refractivity contribution in [2.45, 2.75) is 6.92 Å². The standard InChI is InChI=1S/C9H10O2S/c1-3-7-5-6-8(12-7)9(10)11-4-2/h3,5-6H,1,4H2,2H3. The first-order chi connectivity index (χ1) is 5.77. The molecule has 0 radical (unpaired) electrons. The predicted molar refractivity (Wildman–Crippen MR) is 50.4 cm³/mol. The van der Waals surface area contributed by atoms with Crippen LogP contribution in [-0.2, 0) is 4.74 Å². The molecule has 2 nitrogen and oxygen atoms in total. The Bertz CT molecular complexity index is 288. The molecule has 0 saturated heterocycles. The fourth-order valence-electron chi connectivity index (χ4n) is 0.774. The van der Waals surface area contributed by atoms with Crippen molar-refractivity contribution in [1.29, 1.82) is 0 Å². The Morgan fingerprint density at radius 3 is 3.00 bits per heavy atom. The third kappa shape index (κ3) is 1.95. The molecule has 64 valence electrons. The van der Waals surface area contributed by atoms with Crippen LogP contribution < -0.4 is 0 Å². The summed E-state index contributed by atoms with van der Waals surface area (Å²) in [7, 11) is 0. The van der Waals surface area contributed by atoms with Crippen molar-refractivity contribution in [3.05, 3.63) is 28.5 Å². The summed E-state index contributed by atoms with van der Waals surface area (Å²) in [5.74, 6) is -0.254. The molecule has 1 aromatic rings. The first-order valence-electron chi connectivity index (χ1n) is 3.67. The molecule has 0 atom stereocenters. The summed E-state index contributed by atoms with van der Waals surface area (Å²) in [6, 6.07) is 3.60.